The van der Waals surface area contributed by atoms with Crippen molar-refractivity contribution < 1.29 is 40.6 Å². The standard InChI is InChI=1S/C47H51N9O9S2/c1-47(2,3)50-46(57)65-37-24-33(25-37)53-66(58,59)41-23-22-38(39-8-7-9-40-43(39)49-29-48-40)42(45-51-54-56(52-45)28-32-14-20-36(64-6)21-15-32)44(41)67(60,61)55(26-30-10-16-34(62-4)17-11-30)27-31-12-18-35(63-5)19-13-31/h7-23,29,33,37,53H,24-28H2,1-6H3,(H,48,49)(H,50,57)/t33-,37-. The predicted molar refractivity (Wildman–Crippen MR) is 249 cm³/mol. The Labute approximate surface area is 388 Å². The number of methoxy groups -OCH3 is 3. The van der Waals surface area contributed by atoms with Crippen LogP contribution in [0.5, 0.6) is 17.2 Å². The Balaban J connectivity index is 1.31. The van der Waals surface area contributed by atoms with Gasteiger partial charge in [0, 0.05) is 43.1 Å². The molecule has 0 radical (unpaired) electrons. The summed E-state index contributed by atoms with van der Waals surface area (Å²) in [6, 6.07) is 28.6. The number of imidazole rings is 1. The van der Waals surface area contributed by atoms with Gasteiger partial charge in [0.25, 0.3) is 0 Å². The Bertz CT molecular complexity index is 3040. The molecule has 67 heavy (non-hydrogen) atoms. The first-order chi connectivity index (χ1) is 32.0. The van der Waals surface area contributed by atoms with Gasteiger partial charge in [0.1, 0.15) is 33.1 Å². The van der Waals surface area contributed by atoms with E-state index in [2.05, 4.69) is 30.3 Å². The average Bonchev–Trinajstić information content (AvgIpc) is 3.98. The van der Waals surface area contributed by atoms with E-state index in [0.29, 0.717) is 45.0 Å². The Morgan fingerprint density at radius 2 is 1.36 bits per heavy atom. The first-order valence-electron chi connectivity index (χ1n) is 21.3. The van der Waals surface area contributed by atoms with Crippen molar-refractivity contribution in [1.29, 1.82) is 0 Å². The third-order valence-electron chi connectivity index (χ3n) is 11.1. The highest BCUT2D eigenvalue weighted by atomic mass is 32.2. The minimum absolute atomic E-state index is 0.109. The van der Waals surface area contributed by atoms with E-state index in [0.717, 1.165) is 5.56 Å². The fraction of sp³-hybridized carbons (Fsp3) is 0.298. The van der Waals surface area contributed by atoms with Gasteiger partial charge in [-0.3, -0.25) is 0 Å². The van der Waals surface area contributed by atoms with E-state index in [9.17, 15) is 13.2 Å². The molecule has 18 nitrogen and oxygen atoms in total. The molecule has 0 bridgehead atoms. The van der Waals surface area contributed by atoms with Crippen LogP contribution in [0.2, 0.25) is 0 Å². The number of sulfonamides is 2. The van der Waals surface area contributed by atoms with Crippen LogP contribution in [0.25, 0.3) is 33.5 Å². The molecule has 0 aliphatic heterocycles. The second kappa shape index (κ2) is 19.2. The molecular weight excluding hydrogens is 899 g/mol. The van der Waals surface area contributed by atoms with E-state index in [1.54, 1.807) is 79.9 Å². The van der Waals surface area contributed by atoms with Crippen LogP contribution in [-0.2, 0) is 44.4 Å². The van der Waals surface area contributed by atoms with Gasteiger partial charge >= 0.3 is 6.09 Å². The second-order valence-corrected chi connectivity index (χ2v) is 20.6. The number of alkyl carbamates (subject to hydrolysis) is 1. The summed E-state index contributed by atoms with van der Waals surface area (Å²) in [5.41, 5.74) is 3.26. The smallest absolute Gasteiger partial charge is 0.407 e. The van der Waals surface area contributed by atoms with Gasteiger partial charge < -0.3 is 29.2 Å². The van der Waals surface area contributed by atoms with E-state index in [1.165, 1.54) is 41.8 Å². The van der Waals surface area contributed by atoms with Crippen LogP contribution in [0.3, 0.4) is 0 Å². The molecule has 0 unspecified atom stereocenters. The molecule has 0 saturated heterocycles. The fourth-order valence-electron chi connectivity index (χ4n) is 7.72. The molecule has 0 atom stereocenters. The van der Waals surface area contributed by atoms with Gasteiger partial charge in [-0.1, -0.05) is 54.6 Å². The highest BCUT2D eigenvalue weighted by Crippen LogP contribution is 2.43. The Hall–Kier alpha value is -6.87. The molecule has 20 heteroatoms. The number of hydrogen-bond acceptors (Lipinski definition) is 13. The molecule has 2 aromatic heterocycles. The fourth-order valence-corrected chi connectivity index (χ4v) is 11.4. The van der Waals surface area contributed by atoms with Crippen LogP contribution in [0, 0.1) is 0 Å². The Morgan fingerprint density at radius 3 is 1.93 bits per heavy atom. The number of hydrogen-bond donors (Lipinski definition) is 3. The Kier molecular flexibility index (Phi) is 13.3. The topological polar surface area (TPSA) is 222 Å². The van der Waals surface area contributed by atoms with E-state index < -0.39 is 53.6 Å². The van der Waals surface area contributed by atoms with Gasteiger partial charge in [0.05, 0.1) is 50.8 Å². The van der Waals surface area contributed by atoms with Gasteiger partial charge in [-0.2, -0.15) is 9.10 Å². The molecule has 0 spiro atoms. The van der Waals surface area contributed by atoms with Crippen LogP contribution < -0.4 is 24.2 Å². The number of benzene rings is 5. The lowest BCUT2D eigenvalue weighted by molar-refractivity contribution is 0.0339. The summed E-state index contributed by atoms with van der Waals surface area (Å²) in [4.78, 5) is 20.4. The van der Waals surface area contributed by atoms with Crippen LogP contribution in [-0.4, -0.2) is 96.4 Å². The zero-order valence-corrected chi connectivity index (χ0v) is 39.4. The number of aromatic nitrogens is 6. The largest absolute Gasteiger partial charge is 0.497 e. The van der Waals surface area contributed by atoms with Gasteiger partial charge in [-0.25, -0.2) is 31.3 Å². The summed E-state index contributed by atoms with van der Waals surface area (Å²) in [7, 11) is -4.95. The number of rotatable bonds is 17. The molecule has 1 fully saturated rings. The van der Waals surface area contributed by atoms with Crippen molar-refractivity contribution in [2.24, 2.45) is 0 Å². The number of aromatic amines is 1. The van der Waals surface area contributed by atoms with Crippen LogP contribution >= 0.6 is 0 Å². The summed E-state index contributed by atoms with van der Waals surface area (Å²) < 4.78 is 87.6. The van der Waals surface area contributed by atoms with Gasteiger partial charge in [-0.05, 0) is 96.8 Å². The number of para-hydroxylation sites is 1. The van der Waals surface area contributed by atoms with Crippen molar-refractivity contribution in [3.63, 3.8) is 0 Å². The van der Waals surface area contributed by atoms with Gasteiger partial charge in [0.2, 0.25) is 25.9 Å². The number of nitrogens with zero attached hydrogens (tertiary/aromatic N) is 6. The van der Waals surface area contributed by atoms with E-state index in [4.69, 9.17) is 24.0 Å². The lowest BCUT2D eigenvalue weighted by Gasteiger charge is -2.35. The average molecular weight is 950 g/mol. The number of carbonyl (C=O) groups excluding carboxylic acids is 1. The van der Waals surface area contributed by atoms with E-state index in [-0.39, 0.29) is 49.4 Å². The van der Waals surface area contributed by atoms with E-state index in [1.807, 2.05) is 39.0 Å². The van der Waals surface area contributed by atoms with Crippen LogP contribution in [0.15, 0.2) is 119 Å². The molecule has 1 amide bonds. The second-order valence-electron chi connectivity index (χ2n) is 17.1. The number of fused-ring (bicyclic) bond motifs is 1. The number of H-pyrrole nitrogens is 1. The lowest BCUT2D eigenvalue weighted by Crippen LogP contribution is -2.50. The highest BCUT2D eigenvalue weighted by molar-refractivity contribution is 7.92. The number of ether oxygens (including phenoxy) is 4. The van der Waals surface area contributed by atoms with E-state index >= 15 is 8.42 Å². The third kappa shape index (κ3) is 10.6. The van der Waals surface area contributed by atoms with Crippen molar-refractivity contribution >= 4 is 37.2 Å². The maximum atomic E-state index is 16.1. The summed E-state index contributed by atoms with van der Waals surface area (Å²) in [5, 5.41) is 16.3. The lowest BCUT2D eigenvalue weighted by atomic mass is 9.90. The summed E-state index contributed by atoms with van der Waals surface area (Å²) in [5.74, 6) is 1.64. The molecule has 1 aliphatic carbocycles. The van der Waals surface area contributed by atoms with Crippen molar-refractivity contribution in [2.45, 2.75) is 80.7 Å². The van der Waals surface area contributed by atoms with Gasteiger partial charge in [0.15, 0.2) is 0 Å². The zero-order chi connectivity index (χ0) is 47.5. The number of amides is 1. The molecule has 350 valence electrons. The molecule has 2 heterocycles. The number of tetrazole rings is 1. The van der Waals surface area contributed by atoms with Crippen LogP contribution in [0.1, 0.15) is 50.3 Å². The monoisotopic (exact) mass is 949 g/mol. The third-order valence-corrected chi connectivity index (χ3v) is 14.7. The number of nitrogens with one attached hydrogen (secondary N) is 3. The quantitative estimate of drug-likeness (QED) is 0.0868. The summed E-state index contributed by atoms with van der Waals surface area (Å²) in [6.07, 6.45) is 0.645. The summed E-state index contributed by atoms with van der Waals surface area (Å²) in [6.45, 7) is 5.23. The molecule has 8 rings (SSSR count). The zero-order valence-electron chi connectivity index (χ0n) is 37.8. The maximum Gasteiger partial charge on any atom is 0.407 e. The van der Waals surface area contributed by atoms with Gasteiger partial charge in [-0.15, -0.1) is 10.2 Å². The minimum Gasteiger partial charge on any atom is -0.497 e. The molecule has 1 aliphatic rings. The normalized spacial score (nSPS) is 15.3. The van der Waals surface area contributed by atoms with Crippen LogP contribution in [0.4, 0.5) is 4.79 Å². The number of carbonyl (C=O) groups is 1. The minimum atomic E-state index is -4.90. The SMILES string of the molecule is COc1ccc(CN(Cc2ccc(OC)cc2)S(=O)(=O)c2c(S(=O)(=O)N[C@H]3C[C@H](OC(=O)NC(C)(C)C)C3)ccc(-c3cccc4[nH]cnc34)c2-c2nnn(Cc3ccc(OC)cc3)n2)cc1. The van der Waals surface area contributed by atoms with Crippen molar-refractivity contribution in [1.82, 2.24) is 44.5 Å². The predicted octanol–water partition coefficient (Wildman–Crippen LogP) is 6.68. The van der Waals surface area contributed by atoms with Crippen molar-refractivity contribution in [3.05, 3.63) is 126 Å². The first kappa shape index (κ1) is 46.7. The van der Waals surface area contributed by atoms with Crippen molar-refractivity contribution in [2.75, 3.05) is 21.3 Å². The molecule has 3 N–H and O–H groups in total. The highest BCUT2D eigenvalue weighted by Gasteiger charge is 2.41. The molecule has 5 aromatic carbocycles. The molecular formula is C47H51N9O9S2. The Morgan fingerprint density at radius 1 is 0.776 bits per heavy atom. The van der Waals surface area contributed by atoms with Crippen molar-refractivity contribution in [3.8, 4) is 39.8 Å². The first-order valence-corrected chi connectivity index (χ1v) is 24.2. The molecule has 7 aromatic rings. The summed E-state index contributed by atoms with van der Waals surface area (Å²) >= 11 is 0. The maximum absolute atomic E-state index is 16.1. The molecule has 1 saturated carbocycles.